The molecule has 0 fully saturated rings. The van der Waals surface area contributed by atoms with E-state index in [2.05, 4.69) is 21.1 Å². The topological polar surface area (TPSA) is 71.1 Å². The Hall–Kier alpha value is -1.57. The van der Waals surface area contributed by atoms with Crippen LogP contribution in [0.25, 0.3) is 0 Å². The molecular formula is C17H20ClN3O2S2. The zero-order valence-electron chi connectivity index (χ0n) is 13.7. The van der Waals surface area contributed by atoms with Crippen molar-refractivity contribution in [1.29, 1.82) is 0 Å². The molecule has 0 saturated carbocycles. The average molecular weight is 398 g/mol. The molecule has 1 aliphatic carbocycles. The number of rotatable bonds is 7. The fourth-order valence-corrected chi connectivity index (χ4v) is 5.22. The third kappa shape index (κ3) is 5.20. The molecule has 0 spiro atoms. The molecule has 0 aliphatic heterocycles. The molecule has 0 bridgehead atoms. The maximum Gasteiger partial charge on any atom is 0.271 e. The fraction of sp³-hybridized carbons (Fsp3) is 0.353. The van der Waals surface area contributed by atoms with E-state index in [9.17, 15) is 8.42 Å². The van der Waals surface area contributed by atoms with Gasteiger partial charge in [-0.1, -0.05) is 23.3 Å². The summed E-state index contributed by atoms with van der Waals surface area (Å²) in [5.74, 6) is 0.735. The Bertz CT molecular complexity index is 845. The summed E-state index contributed by atoms with van der Waals surface area (Å²) in [6.45, 7) is 0.831. The highest BCUT2D eigenvalue weighted by molar-refractivity contribution is 7.94. The van der Waals surface area contributed by atoms with Crippen molar-refractivity contribution >= 4 is 44.5 Å². The van der Waals surface area contributed by atoms with E-state index < -0.39 is 10.0 Å². The molecule has 0 atom stereocenters. The molecule has 5 nitrogen and oxygen atoms in total. The second-order valence-corrected chi connectivity index (χ2v) is 9.51. The Balaban J connectivity index is 1.54. The molecule has 0 aromatic carbocycles. The van der Waals surface area contributed by atoms with Gasteiger partial charge < -0.3 is 5.32 Å². The van der Waals surface area contributed by atoms with Gasteiger partial charge in [0, 0.05) is 6.54 Å². The molecule has 2 aromatic rings. The highest BCUT2D eigenvalue weighted by atomic mass is 35.5. The zero-order valence-corrected chi connectivity index (χ0v) is 16.1. The minimum absolute atomic E-state index is 0.181. The number of halogens is 1. The number of nitrogens with one attached hydrogen (secondary N) is 2. The molecule has 0 unspecified atom stereocenters. The third-order valence-electron chi connectivity index (χ3n) is 3.97. The molecule has 2 heterocycles. The van der Waals surface area contributed by atoms with Gasteiger partial charge in [0.05, 0.1) is 16.2 Å². The van der Waals surface area contributed by atoms with Crippen molar-refractivity contribution in [1.82, 2.24) is 4.98 Å². The SMILES string of the molecule is O=S(=O)(Nc1ccc(NCCC2=CCCCC2)nc1)c1ccc(Cl)s1. The van der Waals surface area contributed by atoms with E-state index in [1.165, 1.54) is 43.5 Å². The van der Waals surface area contributed by atoms with Gasteiger partial charge in [-0.15, -0.1) is 11.3 Å². The average Bonchev–Trinajstić information content (AvgIpc) is 3.05. The highest BCUT2D eigenvalue weighted by Crippen LogP contribution is 2.27. The van der Waals surface area contributed by atoms with Gasteiger partial charge in [-0.25, -0.2) is 13.4 Å². The lowest BCUT2D eigenvalue weighted by atomic mass is 9.97. The summed E-state index contributed by atoms with van der Waals surface area (Å²) in [6.07, 6.45) is 9.85. The third-order valence-corrected chi connectivity index (χ3v) is 7.07. The largest absolute Gasteiger partial charge is 0.370 e. The number of hydrogen-bond acceptors (Lipinski definition) is 5. The first-order valence-corrected chi connectivity index (χ1v) is 10.9. The number of hydrogen-bond donors (Lipinski definition) is 2. The molecular weight excluding hydrogens is 378 g/mol. The number of nitrogens with zero attached hydrogens (tertiary/aromatic N) is 1. The van der Waals surface area contributed by atoms with Crippen molar-refractivity contribution in [2.45, 2.75) is 36.3 Å². The zero-order chi connectivity index (χ0) is 17.7. The number of anilines is 2. The molecule has 3 rings (SSSR count). The molecule has 0 radical (unpaired) electrons. The Morgan fingerprint density at radius 1 is 1.20 bits per heavy atom. The predicted octanol–water partition coefficient (Wildman–Crippen LogP) is 4.90. The van der Waals surface area contributed by atoms with Gasteiger partial charge in [0.2, 0.25) is 0 Å². The van der Waals surface area contributed by atoms with Crippen LogP contribution in [0.15, 0.2) is 46.3 Å². The number of pyridine rings is 1. The lowest BCUT2D eigenvalue weighted by Crippen LogP contribution is -2.12. The van der Waals surface area contributed by atoms with Crippen LogP contribution in [0.3, 0.4) is 0 Å². The first-order chi connectivity index (χ1) is 12.0. The van der Waals surface area contributed by atoms with Crippen LogP contribution >= 0.6 is 22.9 Å². The summed E-state index contributed by atoms with van der Waals surface area (Å²) in [4.78, 5) is 4.26. The van der Waals surface area contributed by atoms with Crippen LogP contribution in [0.1, 0.15) is 32.1 Å². The fourth-order valence-electron chi connectivity index (χ4n) is 2.69. The lowest BCUT2D eigenvalue weighted by molar-refractivity contribution is 0.603. The van der Waals surface area contributed by atoms with Gasteiger partial charge in [-0.3, -0.25) is 4.72 Å². The van der Waals surface area contributed by atoms with Crippen molar-refractivity contribution < 1.29 is 8.42 Å². The normalized spacial score (nSPS) is 14.8. The van der Waals surface area contributed by atoms with Crippen molar-refractivity contribution in [3.8, 4) is 0 Å². The van der Waals surface area contributed by atoms with Crippen LogP contribution in [0.5, 0.6) is 0 Å². The Kier molecular flexibility index (Phi) is 5.98. The van der Waals surface area contributed by atoms with Crippen LogP contribution in [0.4, 0.5) is 11.5 Å². The van der Waals surface area contributed by atoms with E-state index in [1.54, 1.807) is 18.2 Å². The minimum Gasteiger partial charge on any atom is -0.370 e. The van der Waals surface area contributed by atoms with Crippen molar-refractivity contribution in [2.24, 2.45) is 0 Å². The maximum atomic E-state index is 12.2. The van der Waals surface area contributed by atoms with Crippen LogP contribution in [-0.2, 0) is 10.0 Å². The standard InChI is InChI=1S/C17H20ClN3O2S2/c18-15-7-9-17(24-15)25(22,23)21-14-6-8-16(20-12-14)19-11-10-13-4-2-1-3-5-13/h4,6-9,12,21H,1-3,5,10-11H2,(H,19,20). The molecule has 1 aliphatic rings. The summed E-state index contributed by atoms with van der Waals surface area (Å²) >= 11 is 6.82. The van der Waals surface area contributed by atoms with Crippen molar-refractivity contribution in [3.05, 3.63) is 46.4 Å². The predicted molar refractivity (Wildman–Crippen MR) is 104 cm³/mol. The highest BCUT2D eigenvalue weighted by Gasteiger charge is 2.16. The van der Waals surface area contributed by atoms with E-state index in [0.717, 1.165) is 30.1 Å². The van der Waals surface area contributed by atoms with Crippen LogP contribution in [0, 0.1) is 0 Å². The van der Waals surface area contributed by atoms with Crippen LogP contribution in [-0.4, -0.2) is 19.9 Å². The smallest absolute Gasteiger partial charge is 0.271 e. The van der Waals surface area contributed by atoms with E-state index in [1.807, 2.05) is 0 Å². The monoisotopic (exact) mass is 397 g/mol. The summed E-state index contributed by atoms with van der Waals surface area (Å²) in [5.41, 5.74) is 1.93. The van der Waals surface area contributed by atoms with Gasteiger partial charge in [0.1, 0.15) is 10.0 Å². The van der Waals surface area contributed by atoms with E-state index >= 15 is 0 Å². The molecule has 8 heteroatoms. The summed E-state index contributed by atoms with van der Waals surface area (Å²) in [5, 5.41) is 3.27. The van der Waals surface area contributed by atoms with Crippen molar-refractivity contribution in [3.63, 3.8) is 0 Å². The number of sulfonamides is 1. The lowest BCUT2D eigenvalue weighted by Gasteiger charge is -2.13. The summed E-state index contributed by atoms with van der Waals surface area (Å²) < 4.78 is 27.6. The first-order valence-electron chi connectivity index (χ1n) is 8.19. The van der Waals surface area contributed by atoms with E-state index in [0.29, 0.717) is 10.0 Å². The molecule has 25 heavy (non-hydrogen) atoms. The quantitative estimate of drug-likeness (QED) is 0.652. The second kappa shape index (κ2) is 8.21. The number of aromatic nitrogens is 1. The van der Waals surface area contributed by atoms with Gasteiger partial charge >= 0.3 is 0 Å². The van der Waals surface area contributed by atoms with Crippen LogP contribution < -0.4 is 10.0 Å². The Morgan fingerprint density at radius 2 is 2.08 bits per heavy atom. The van der Waals surface area contributed by atoms with Gasteiger partial charge in [0.25, 0.3) is 10.0 Å². The first kappa shape index (κ1) is 18.2. The molecule has 0 amide bonds. The van der Waals surface area contributed by atoms with E-state index in [-0.39, 0.29) is 4.21 Å². The van der Waals surface area contributed by atoms with Crippen LogP contribution in [0.2, 0.25) is 4.34 Å². The van der Waals surface area contributed by atoms with Gasteiger partial charge in [-0.2, -0.15) is 0 Å². The maximum absolute atomic E-state index is 12.2. The molecule has 2 aromatic heterocycles. The minimum atomic E-state index is -3.62. The summed E-state index contributed by atoms with van der Waals surface area (Å²) in [6, 6.07) is 6.52. The Morgan fingerprint density at radius 3 is 2.72 bits per heavy atom. The summed E-state index contributed by atoms with van der Waals surface area (Å²) in [7, 11) is -3.62. The van der Waals surface area contributed by atoms with E-state index in [4.69, 9.17) is 11.6 Å². The molecule has 0 saturated heterocycles. The van der Waals surface area contributed by atoms with Crippen molar-refractivity contribution in [2.75, 3.05) is 16.6 Å². The Labute approximate surface area is 157 Å². The molecule has 2 N–H and O–H groups in total. The van der Waals surface area contributed by atoms with Gasteiger partial charge in [0.15, 0.2) is 0 Å². The van der Waals surface area contributed by atoms with Gasteiger partial charge in [-0.05, 0) is 56.4 Å². The number of thiophene rings is 1. The number of allylic oxidation sites excluding steroid dienone is 1. The molecule has 134 valence electrons. The second-order valence-electron chi connectivity index (χ2n) is 5.88.